The summed E-state index contributed by atoms with van der Waals surface area (Å²) in [7, 11) is 0. The molecule has 136 valence electrons. The number of hydrogen-bond donors (Lipinski definition) is 1. The lowest BCUT2D eigenvalue weighted by molar-refractivity contribution is -0.384. The van der Waals surface area contributed by atoms with Crippen LogP contribution in [0.15, 0.2) is 42.5 Å². The number of nitrogens with one attached hydrogen (secondary N) is 1. The van der Waals surface area contributed by atoms with Crippen molar-refractivity contribution in [2.24, 2.45) is 0 Å². The number of benzene rings is 2. The van der Waals surface area contributed by atoms with Crippen molar-refractivity contribution < 1.29 is 19.2 Å². The van der Waals surface area contributed by atoms with Gasteiger partial charge in [0, 0.05) is 22.2 Å². The zero-order valence-corrected chi connectivity index (χ0v) is 15.1. The molecule has 26 heavy (non-hydrogen) atoms. The van der Waals surface area contributed by atoms with E-state index in [2.05, 4.69) is 5.32 Å². The van der Waals surface area contributed by atoms with Gasteiger partial charge in [-0.2, -0.15) is 0 Å². The van der Waals surface area contributed by atoms with Crippen LogP contribution in [-0.2, 0) is 9.53 Å². The number of amides is 1. The van der Waals surface area contributed by atoms with Gasteiger partial charge < -0.3 is 10.1 Å². The number of carbonyl (C=O) groups is 2. The summed E-state index contributed by atoms with van der Waals surface area (Å²) in [6.45, 7) is 1.19. The first-order chi connectivity index (χ1) is 12.3. The highest BCUT2D eigenvalue weighted by molar-refractivity contribution is 6.35. The molecule has 0 spiro atoms. The van der Waals surface area contributed by atoms with Crippen LogP contribution in [-0.4, -0.2) is 23.4 Å². The van der Waals surface area contributed by atoms with Gasteiger partial charge in [-0.15, -0.1) is 0 Å². The Bertz CT molecular complexity index is 857. The topological polar surface area (TPSA) is 98.5 Å². The molecule has 2 rings (SSSR count). The number of halogens is 2. The lowest BCUT2D eigenvalue weighted by atomic mass is 10.1. The fourth-order valence-corrected chi connectivity index (χ4v) is 2.75. The van der Waals surface area contributed by atoms with Crippen molar-refractivity contribution in [3.8, 4) is 0 Å². The number of non-ortho nitro benzene ring substituents is 1. The van der Waals surface area contributed by atoms with Crippen LogP contribution in [0.3, 0.4) is 0 Å². The Balaban J connectivity index is 1.92. The molecule has 0 fully saturated rings. The van der Waals surface area contributed by atoms with E-state index >= 15 is 0 Å². The molecule has 0 aliphatic carbocycles. The van der Waals surface area contributed by atoms with E-state index in [-0.39, 0.29) is 11.3 Å². The minimum Gasteiger partial charge on any atom is -0.452 e. The van der Waals surface area contributed by atoms with Crippen molar-refractivity contribution in [2.75, 3.05) is 6.61 Å². The quantitative estimate of drug-likeness (QED) is 0.452. The van der Waals surface area contributed by atoms with Gasteiger partial charge in [-0.05, 0) is 30.7 Å². The van der Waals surface area contributed by atoms with Crippen molar-refractivity contribution >= 4 is 40.8 Å². The molecule has 2 aromatic carbocycles. The summed E-state index contributed by atoms with van der Waals surface area (Å²) < 4.78 is 4.88. The highest BCUT2D eigenvalue weighted by atomic mass is 35.5. The molecular weight excluding hydrogens is 383 g/mol. The first-order valence-corrected chi connectivity index (χ1v) is 8.19. The van der Waals surface area contributed by atoms with E-state index in [1.54, 1.807) is 25.1 Å². The van der Waals surface area contributed by atoms with Crippen molar-refractivity contribution in [2.45, 2.75) is 13.0 Å². The number of carbonyl (C=O) groups excluding carboxylic acids is 2. The number of ether oxygens (including phenoxy) is 1. The van der Waals surface area contributed by atoms with Crippen molar-refractivity contribution in [1.29, 1.82) is 0 Å². The third-order valence-electron chi connectivity index (χ3n) is 3.43. The molecule has 0 aromatic heterocycles. The van der Waals surface area contributed by atoms with E-state index in [0.717, 1.165) is 6.07 Å². The summed E-state index contributed by atoms with van der Waals surface area (Å²) in [4.78, 5) is 34.0. The average Bonchev–Trinajstić information content (AvgIpc) is 2.59. The highest BCUT2D eigenvalue weighted by Crippen LogP contribution is 2.26. The summed E-state index contributed by atoms with van der Waals surface area (Å²) in [5, 5.41) is 14.2. The van der Waals surface area contributed by atoms with E-state index in [1.807, 2.05) is 0 Å². The van der Waals surface area contributed by atoms with Crippen LogP contribution in [0.5, 0.6) is 0 Å². The average molecular weight is 397 g/mol. The molecule has 0 saturated heterocycles. The Labute approximate surface area is 159 Å². The molecule has 0 aliphatic heterocycles. The molecule has 2 aromatic rings. The number of nitro groups is 1. The van der Waals surface area contributed by atoms with Crippen LogP contribution in [0.1, 0.15) is 28.9 Å². The summed E-state index contributed by atoms with van der Waals surface area (Å²) >= 11 is 11.9. The van der Waals surface area contributed by atoms with Gasteiger partial charge in [0.05, 0.1) is 16.5 Å². The van der Waals surface area contributed by atoms with E-state index in [1.165, 1.54) is 18.2 Å². The third-order valence-corrected chi connectivity index (χ3v) is 4.00. The van der Waals surface area contributed by atoms with Crippen molar-refractivity contribution in [3.63, 3.8) is 0 Å². The molecule has 0 bridgehead atoms. The molecule has 1 N–H and O–H groups in total. The standard InChI is InChI=1S/C17H14Cl2N2O5/c1-10(14-6-5-12(18)8-15(14)19)20-16(22)9-26-17(23)11-3-2-4-13(7-11)21(24)25/h2-8,10H,9H2,1H3,(H,20,22)/t10-/m1/s1. The molecule has 7 nitrogen and oxygen atoms in total. The zero-order valence-electron chi connectivity index (χ0n) is 13.6. The van der Waals surface area contributed by atoms with Gasteiger partial charge in [-0.3, -0.25) is 14.9 Å². The highest BCUT2D eigenvalue weighted by Gasteiger charge is 2.16. The summed E-state index contributed by atoms with van der Waals surface area (Å²) in [5.41, 5.74) is 0.408. The second-order valence-corrected chi connectivity index (χ2v) is 6.18. The molecule has 0 heterocycles. The smallest absolute Gasteiger partial charge is 0.338 e. The third kappa shape index (κ3) is 5.18. The van der Waals surface area contributed by atoms with Crippen LogP contribution >= 0.6 is 23.2 Å². The van der Waals surface area contributed by atoms with Gasteiger partial charge in [0.25, 0.3) is 11.6 Å². The Morgan fingerprint density at radius 3 is 2.62 bits per heavy atom. The van der Waals surface area contributed by atoms with Gasteiger partial charge in [-0.25, -0.2) is 4.79 Å². The minimum absolute atomic E-state index is 0.0132. The van der Waals surface area contributed by atoms with Crippen LogP contribution in [0, 0.1) is 10.1 Å². The second kappa shape index (κ2) is 8.64. The molecule has 1 amide bonds. The lowest BCUT2D eigenvalue weighted by Gasteiger charge is -2.16. The Morgan fingerprint density at radius 1 is 1.23 bits per heavy atom. The minimum atomic E-state index is -0.832. The number of nitro benzene ring substituents is 1. The van der Waals surface area contributed by atoms with E-state index < -0.39 is 29.4 Å². The Hall–Kier alpha value is -2.64. The number of hydrogen-bond acceptors (Lipinski definition) is 5. The zero-order chi connectivity index (χ0) is 19.3. The molecule has 1 atom stereocenters. The molecule has 0 aliphatic rings. The number of rotatable bonds is 6. The molecule has 0 radical (unpaired) electrons. The van der Waals surface area contributed by atoms with E-state index in [4.69, 9.17) is 27.9 Å². The van der Waals surface area contributed by atoms with Crippen LogP contribution in [0.4, 0.5) is 5.69 Å². The molecule has 0 unspecified atom stereocenters. The summed E-state index contributed by atoms with van der Waals surface area (Å²) in [6.07, 6.45) is 0. The van der Waals surface area contributed by atoms with Gasteiger partial charge in [0.2, 0.25) is 0 Å². The van der Waals surface area contributed by atoms with Crippen LogP contribution in [0.25, 0.3) is 0 Å². The maximum atomic E-state index is 12.0. The predicted octanol–water partition coefficient (Wildman–Crippen LogP) is 3.94. The molecular formula is C17H14Cl2N2O5. The van der Waals surface area contributed by atoms with E-state index in [9.17, 15) is 19.7 Å². The summed E-state index contributed by atoms with van der Waals surface area (Å²) in [5.74, 6) is -1.37. The van der Waals surface area contributed by atoms with Crippen LogP contribution in [0.2, 0.25) is 10.0 Å². The Morgan fingerprint density at radius 2 is 1.96 bits per heavy atom. The second-order valence-electron chi connectivity index (χ2n) is 5.34. The first-order valence-electron chi connectivity index (χ1n) is 7.44. The molecule has 0 saturated carbocycles. The van der Waals surface area contributed by atoms with E-state index in [0.29, 0.717) is 15.6 Å². The van der Waals surface area contributed by atoms with Gasteiger partial charge in [-0.1, -0.05) is 35.3 Å². The fraction of sp³-hybridized carbons (Fsp3) is 0.176. The van der Waals surface area contributed by atoms with Gasteiger partial charge in [0.15, 0.2) is 6.61 Å². The normalized spacial score (nSPS) is 11.5. The van der Waals surface area contributed by atoms with Gasteiger partial charge >= 0.3 is 5.97 Å². The summed E-state index contributed by atoms with van der Waals surface area (Å²) in [6, 6.07) is 9.52. The predicted molar refractivity (Wildman–Crippen MR) is 96.4 cm³/mol. The van der Waals surface area contributed by atoms with Gasteiger partial charge in [0.1, 0.15) is 0 Å². The Kier molecular flexibility index (Phi) is 6.54. The van der Waals surface area contributed by atoms with Crippen LogP contribution < -0.4 is 5.32 Å². The first kappa shape index (κ1) is 19.7. The number of esters is 1. The largest absolute Gasteiger partial charge is 0.452 e. The SMILES string of the molecule is C[C@@H](NC(=O)COC(=O)c1cccc([N+](=O)[O-])c1)c1ccc(Cl)cc1Cl. The van der Waals surface area contributed by atoms with Crippen molar-refractivity contribution in [3.05, 3.63) is 73.8 Å². The maximum absolute atomic E-state index is 12.0. The monoisotopic (exact) mass is 396 g/mol. The lowest BCUT2D eigenvalue weighted by Crippen LogP contribution is -2.31. The fourth-order valence-electron chi connectivity index (χ4n) is 2.17. The maximum Gasteiger partial charge on any atom is 0.338 e. The van der Waals surface area contributed by atoms with Crippen molar-refractivity contribution in [1.82, 2.24) is 5.32 Å². The number of nitrogens with zero attached hydrogens (tertiary/aromatic N) is 1. The molecule has 9 heteroatoms.